The maximum Gasteiger partial charge on any atom is 0.331 e. The highest BCUT2D eigenvalue weighted by Crippen LogP contribution is 2.45. The molecule has 2 aliphatic heterocycles. The number of pyridine rings is 1. The van der Waals surface area contributed by atoms with Crippen LogP contribution in [0.4, 0.5) is 21.9 Å². The van der Waals surface area contributed by atoms with E-state index in [0.717, 1.165) is 12.8 Å². The van der Waals surface area contributed by atoms with Crippen molar-refractivity contribution in [2.45, 2.75) is 25.3 Å². The Hall–Kier alpha value is -4.95. The summed E-state index contributed by atoms with van der Waals surface area (Å²) in [4.78, 5) is 47.5. The summed E-state index contributed by atoms with van der Waals surface area (Å²) in [5, 5.41) is 15.5. The lowest BCUT2D eigenvalue weighted by Gasteiger charge is -2.33. The number of rotatable bonds is 6. The highest BCUT2D eigenvalue weighted by Gasteiger charge is 2.34. The number of nitrogens with one attached hydrogen (secondary N) is 2. The van der Waals surface area contributed by atoms with Gasteiger partial charge in [0.1, 0.15) is 27.6 Å². The van der Waals surface area contributed by atoms with Gasteiger partial charge in [-0.25, -0.2) is 9.78 Å². The molecule has 1 fully saturated rings. The summed E-state index contributed by atoms with van der Waals surface area (Å²) in [6, 6.07) is 19.6. The summed E-state index contributed by atoms with van der Waals surface area (Å²) < 4.78 is 5.88. The molecule has 1 atom stereocenters. The predicted octanol–water partition coefficient (Wildman–Crippen LogP) is 5.41. The van der Waals surface area contributed by atoms with Crippen LogP contribution in [0, 0.1) is 11.3 Å². The average molecular weight is 553 g/mol. The van der Waals surface area contributed by atoms with E-state index in [0.29, 0.717) is 56.7 Å². The molecule has 1 unspecified atom stereocenters. The van der Waals surface area contributed by atoms with Gasteiger partial charge in [-0.15, -0.1) is 11.3 Å². The van der Waals surface area contributed by atoms with E-state index in [1.807, 2.05) is 36.4 Å². The lowest BCUT2D eigenvalue weighted by atomic mass is 10.0. The van der Waals surface area contributed by atoms with E-state index in [1.165, 1.54) is 11.3 Å². The van der Waals surface area contributed by atoms with Crippen LogP contribution in [-0.2, 0) is 4.79 Å². The van der Waals surface area contributed by atoms with Gasteiger partial charge < -0.3 is 20.3 Å². The Kier molecular flexibility index (Phi) is 6.76. The number of hydrogen-bond acceptors (Lipinski definition) is 7. The van der Waals surface area contributed by atoms with Crippen LogP contribution in [0.2, 0.25) is 0 Å². The zero-order chi connectivity index (χ0) is 27.6. The first-order valence-corrected chi connectivity index (χ1v) is 13.6. The molecule has 0 radical (unpaired) electrons. The number of aromatic nitrogens is 1. The molecule has 200 valence electrons. The molecule has 2 aromatic carbocycles. The number of benzene rings is 2. The lowest BCUT2D eigenvalue weighted by molar-refractivity contribution is -0.131. The minimum atomic E-state index is -0.393. The number of carbonyl (C=O) groups excluding carboxylic acids is 3. The number of piperidine rings is 1. The molecular formula is C29H24N6O4S. The van der Waals surface area contributed by atoms with Crippen LogP contribution < -0.4 is 20.3 Å². The van der Waals surface area contributed by atoms with Gasteiger partial charge in [0.25, 0.3) is 5.91 Å². The Bertz CT molecular complexity index is 1650. The largest absolute Gasteiger partial charge is 0.457 e. The normalized spacial score (nSPS) is 16.3. The molecule has 4 aromatic rings. The maximum atomic E-state index is 13.4. The van der Waals surface area contributed by atoms with E-state index >= 15 is 0 Å². The number of carbonyl (C=O) groups is 3. The third-order valence-electron chi connectivity index (χ3n) is 6.87. The van der Waals surface area contributed by atoms with Crippen molar-refractivity contribution in [1.82, 2.24) is 15.2 Å². The Morgan fingerprint density at radius 3 is 2.67 bits per heavy atom. The van der Waals surface area contributed by atoms with Crippen molar-refractivity contribution >= 4 is 56.5 Å². The number of nitriles is 1. The Morgan fingerprint density at radius 2 is 1.90 bits per heavy atom. The fraction of sp³-hybridized carbons (Fsp3) is 0.207. The molecule has 2 N–H and O–H groups in total. The highest BCUT2D eigenvalue weighted by atomic mass is 32.1. The topological polar surface area (TPSA) is 128 Å². The highest BCUT2D eigenvalue weighted by molar-refractivity contribution is 7.21. The first-order valence-electron chi connectivity index (χ1n) is 12.8. The molecule has 0 aliphatic carbocycles. The van der Waals surface area contributed by atoms with Gasteiger partial charge in [-0.05, 0) is 55.3 Å². The van der Waals surface area contributed by atoms with Gasteiger partial charge in [0.15, 0.2) is 0 Å². The van der Waals surface area contributed by atoms with Crippen molar-refractivity contribution in [3.8, 4) is 17.6 Å². The van der Waals surface area contributed by atoms with E-state index < -0.39 is 6.03 Å². The molecule has 0 bridgehead atoms. The van der Waals surface area contributed by atoms with Crippen LogP contribution in [0.5, 0.6) is 11.5 Å². The molecule has 0 saturated carbocycles. The van der Waals surface area contributed by atoms with Gasteiger partial charge >= 0.3 is 6.03 Å². The molecular weight excluding hydrogens is 528 g/mol. The van der Waals surface area contributed by atoms with E-state index in [4.69, 9.17) is 10.00 Å². The monoisotopic (exact) mass is 552 g/mol. The number of anilines is 3. The number of nitrogens with zero attached hydrogens (tertiary/aromatic N) is 4. The summed E-state index contributed by atoms with van der Waals surface area (Å²) >= 11 is 1.21. The average Bonchev–Trinajstić information content (AvgIpc) is 3.34. The van der Waals surface area contributed by atoms with Crippen LogP contribution in [0.25, 0.3) is 10.2 Å². The Balaban J connectivity index is 1.25. The number of likely N-dealkylation sites (tertiary alicyclic amines) is 1. The smallest absolute Gasteiger partial charge is 0.331 e. The fourth-order valence-corrected chi connectivity index (χ4v) is 6.06. The van der Waals surface area contributed by atoms with Crippen molar-refractivity contribution in [3.63, 3.8) is 0 Å². The van der Waals surface area contributed by atoms with Crippen molar-refractivity contribution in [1.29, 1.82) is 5.26 Å². The quantitative estimate of drug-likeness (QED) is 0.329. The molecule has 1 saturated heterocycles. The summed E-state index contributed by atoms with van der Waals surface area (Å²) in [7, 11) is 0. The second-order valence-electron chi connectivity index (χ2n) is 9.48. The zero-order valence-electron chi connectivity index (χ0n) is 21.3. The molecule has 11 heteroatoms. The van der Waals surface area contributed by atoms with Gasteiger partial charge in [-0.2, -0.15) is 5.26 Å². The van der Waals surface area contributed by atoms with Crippen LogP contribution in [0.15, 0.2) is 66.9 Å². The second kappa shape index (κ2) is 10.7. The Labute approximate surface area is 233 Å². The standard InChI is InChI=1S/C29H24N6O4S/c30-14-12-23(36)34-16-4-5-18(17-34)32-27(37)26-25-24-22(13-15-31-28(24)40-26)35(29(38)33-25)19-8-10-21(11-9-19)39-20-6-2-1-3-7-20/h1-3,6-11,13,15,18H,4-5,12,16-17H2,(H,32,37)(H,33,38). The van der Waals surface area contributed by atoms with Gasteiger partial charge in [0.2, 0.25) is 5.91 Å². The van der Waals surface area contributed by atoms with Crippen LogP contribution in [0.3, 0.4) is 0 Å². The third-order valence-corrected chi connectivity index (χ3v) is 7.96. The molecule has 4 amide bonds. The van der Waals surface area contributed by atoms with E-state index in [9.17, 15) is 14.4 Å². The summed E-state index contributed by atoms with van der Waals surface area (Å²) in [5.41, 5.74) is 1.69. The minimum Gasteiger partial charge on any atom is -0.457 e. The van der Waals surface area contributed by atoms with Crippen LogP contribution in [-0.4, -0.2) is 46.9 Å². The molecule has 10 nitrogen and oxygen atoms in total. The molecule has 2 aliphatic rings. The van der Waals surface area contributed by atoms with Crippen molar-refractivity contribution in [3.05, 3.63) is 71.7 Å². The molecule has 2 aromatic heterocycles. The van der Waals surface area contributed by atoms with E-state index in [2.05, 4.69) is 15.6 Å². The number of urea groups is 1. The van der Waals surface area contributed by atoms with Crippen molar-refractivity contribution in [2.75, 3.05) is 23.3 Å². The van der Waals surface area contributed by atoms with Gasteiger partial charge in [0, 0.05) is 25.3 Å². The lowest BCUT2D eigenvalue weighted by Crippen LogP contribution is -2.49. The van der Waals surface area contributed by atoms with Crippen molar-refractivity contribution < 1.29 is 19.1 Å². The number of ether oxygens (including phenoxy) is 1. The predicted molar refractivity (Wildman–Crippen MR) is 151 cm³/mol. The minimum absolute atomic E-state index is 0.180. The zero-order valence-corrected chi connectivity index (χ0v) is 22.1. The first-order chi connectivity index (χ1) is 19.5. The number of amides is 4. The molecule has 40 heavy (non-hydrogen) atoms. The summed E-state index contributed by atoms with van der Waals surface area (Å²) in [6.07, 6.45) is 2.89. The summed E-state index contributed by atoms with van der Waals surface area (Å²) in [6.45, 7) is 0.916. The van der Waals surface area contributed by atoms with Crippen molar-refractivity contribution in [2.24, 2.45) is 0 Å². The van der Waals surface area contributed by atoms with Gasteiger partial charge in [0.05, 0.1) is 28.5 Å². The Morgan fingerprint density at radius 1 is 1.12 bits per heavy atom. The van der Waals surface area contributed by atoms with E-state index in [-0.39, 0.29) is 24.3 Å². The number of para-hydroxylation sites is 1. The number of thiophene rings is 1. The first kappa shape index (κ1) is 25.3. The number of hydrogen-bond donors (Lipinski definition) is 2. The van der Waals surface area contributed by atoms with Crippen LogP contribution >= 0.6 is 11.3 Å². The maximum absolute atomic E-state index is 13.4. The summed E-state index contributed by atoms with van der Waals surface area (Å²) in [5.74, 6) is 0.780. The second-order valence-corrected chi connectivity index (χ2v) is 10.5. The van der Waals surface area contributed by atoms with Gasteiger partial charge in [-0.3, -0.25) is 14.5 Å². The molecule has 0 spiro atoms. The molecule has 4 heterocycles. The van der Waals surface area contributed by atoms with Crippen LogP contribution in [0.1, 0.15) is 28.9 Å². The molecule has 6 rings (SSSR count). The third kappa shape index (κ3) is 4.81. The fourth-order valence-electron chi connectivity index (χ4n) is 5.04. The van der Waals surface area contributed by atoms with Gasteiger partial charge in [-0.1, -0.05) is 18.2 Å². The van der Waals surface area contributed by atoms with E-state index in [1.54, 1.807) is 46.3 Å². The SMILES string of the molecule is N#CCC(=O)N1CCCC(NC(=O)c2sc3nccc4c3c2NC(=O)N4c2ccc(Oc3ccccc3)cc2)C1.